The molecule has 6 rings (SSSR count). The van der Waals surface area contributed by atoms with Crippen LogP contribution in [0.1, 0.15) is 11.3 Å². The van der Waals surface area contributed by atoms with Crippen molar-refractivity contribution < 1.29 is 9.15 Å². The Kier molecular flexibility index (Phi) is 5.27. The van der Waals surface area contributed by atoms with Gasteiger partial charge in [-0.15, -0.1) is 0 Å². The van der Waals surface area contributed by atoms with Crippen LogP contribution in [0.4, 0.5) is 0 Å². The number of hydrogen-bond acceptors (Lipinski definition) is 6. The Morgan fingerprint density at radius 1 is 1.11 bits per heavy atom. The number of nitrogens with one attached hydrogen (secondary N) is 2. The predicted molar refractivity (Wildman–Crippen MR) is 135 cm³/mol. The number of nitrogens with zero attached hydrogens (tertiary/aromatic N) is 3. The molecule has 0 radical (unpaired) electrons. The van der Waals surface area contributed by atoms with Gasteiger partial charge in [-0.2, -0.15) is 5.10 Å². The summed E-state index contributed by atoms with van der Waals surface area (Å²) in [5, 5.41) is 8.46. The number of rotatable bonds is 7. The molecule has 0 aliphatic heterocycles. The first kappa shape index (κ1) is 21.1. The van der Waals surface area contributed by atoms with E-state index in [-0.39, 0.29) is 6.04 Å². The second kappa shape index (κ2) is 8.73. The Balaban J connectivity index is 1.27. The lowest BCUT2D eigenvalue weighted by Crippen LogP contribution is -2.30. The number of ether oxygens (including phenoxy) is 1. The monoisotopic (exact) mass is 464 g/mol. The summed E-state index contributed by atoms with van der Waals surface area (Å²) in [5.41, 5.74) is 15.1. The smallest absolute Gasteiger partial charge is 0.138 e. The van der Waals surface area contributed by atoms with Gasteiger partial charge in [0.2, 0.25) is 0 Å². The maximum absolute atomic E-state index is 6.42. The highest BCUT2D eigenvalue weighted by Crippen LogP contribution is 2.35. The van der Waals surface area contributed by atoms with E-state index in [0.29, 0.717) is 18.8 Å². The second-order valence-electron chi connectivity index (χ2n) is 8.65. The fourth-order valence-corrected chi connectivity index (χ4v) is 4.39. The molecule has 1 atom stereocenters. The Morgan fingerprint density at radius 2 is 2.06 bits per heavy atom. The van der Waals surface area contributed by atoms with Crippen molar-refractivity contribution in [2.45, 2.75) is 19.4 Å². The molecule has 0 amide bonds. The van der Waals surface area contributed by atoms with Crippen LogP contribution in [-0.2, 0) is 6.42 Å². The molecule has 0 unspecified atom stereocenters. The van der Waals surface area contributed by atoms with Gasteiger partial charge >= 0.3 is 0 Å². The number of nitrogens with two attached hydrogens (primary N) is 1. The van der Waals surface area contributed by atoms with E-state index in [1.165, 1.54) is 0 Å². The second-order valence-corrected chi connectivity index (χ2v) is 8.65. The highest BCUT2D eigenvalue weighted by Gasteiger charge is 2.15. The van der Waals surface area contributed by atoms with Crippen LogP contribution in [0.25, 0.3) is 44.3 Å². The van der Waals surface area contributed by atoms with Crippen LogP contribution in [0, 0.1) is 6.92 Å². The number of H-pyrrole nitrogens is 2. The molecule has 35 heavy (non-hydrogen) atoms. The Labute approximate surface area is 201 Å². The first-order chi connectivity index (χ1) is 17.2. The molecule has 0 spiro atoms. The zero-order chi connectivity index (χ0) is 23.8. The van der Waals surface area contributed by atoms with E-state index in [1.807, 2.05) is 49.5 Å². The summed E-state index contributed by atoms with van der Waals surface area (Å²) < 4.78 is 11.4. The molecule has 8 heteroatoms. The highest BCUT2D eigenvalue weighted by molar-refractivity contribution is 5.90. The van der Waals surface area contributed by atoms with Crippen molar-refractivity contribution in [1.82, 2.24) is 25.1 Å². The van der Waals surface area contributed by atoms with E-state index >= 15 is 0 Å². The molecule has 5 heterocycles. The molecule has 0 bridgehead atoms. The van der Waals surface area contributed by atoms with Gasteiger partial charge in [-0.05, 0) is 60.9 Å². The molecular weight excluding hydrogens is 440 g/mol. The molecule has 1 aromatic carbocycles. The van der Waals surface area contributed by atoms with Crippen molar-refractivity contribution >= 4 is 21.9 Å². The summed E-state index contributed by atoms with van der Waals surface area (Å²) in [4.78, 5) is 12.4. The van der Waals surface area contributed by atoms with E-state index in [2.05, 4.69) is 26.2 Å². The van der Waals surface area contributed by atoms with Gasteiger partial charge in [-0.3, -0.25) is 15.1 Å². The largest absolute Gasteiger partial charge is 0.490 e. The third kappa shape index (κ3) is 4.04. The third-order valence-electron chi connectivity index (χ3n) is 6.17. The van der Waals surface area contributed by atoms with Crippen molar-refractivity contribution in [2.24, 2.45) is 5.73 Å². The minimum absolute atomic E-state index is 0.196. The number of aromatic nitrogens is 5. The van der Waals surface area contributed by atoms with Gasteiger partial charge in [-0.25, -0.2) is 0 Å². The lowest BCUT2D eigenvalue weighted by molar-refractivity contribution is 0.287. The van der Waals surface area contributed by atoms with E-state index < -0.39 is 0 Å². The van der Waals surface area contributed by atoms with E-state index in [1.54, 1.807) is 24.9 Å². The Hall–Kier alpha value is -4.43. The molecule has 0 saturated carbocycles. The van der Waals surface area contributed by atoms with Crippen LogP contribution < -0.4 is 10.5 Å². The van der Waals surface area contributed by atoms with Crippen LogP contribution >= 0.6 is 0 Å². The summed E-state index contributed by atoms with van der Waals surface area (Å²) >= 11 is 0. The SMILES string of the molecule is Cc1[nH]nc2ccc(-c3cc(OC[C@@H](N)Cc4c[nH]c5cccnc45)cnc3-c3ccoc3)cc12. The van der Waals surface area contributed by atoms with Gasteiger partial charge in [0.1, 0.15) is 12.4 Å². The number of fused-ring (bicyclic) bond motifs is 2. The maximum atomic E-state index is 6.42. The number of pyridine rings is 2. The Morgan fingerprint density at radius 3 is 2.94 bits per heavy atom. The quantitative estimate of drug-likeness (QED) is 0.305. The number of aromatic amines is 2. The van der Waals surface area contributed by atoms with Crippen LogP contribution in [0.2, 0.25) is 0 Å². The highest BCUT2D eigenvalue weighted by atomic mass is 16.5. The number of furan rings is 1. The Bertz CT molecular complexity index is 1620. The van der Waals surface area contributed by atoms with Crippen molar-refractivity contribution in [1.29, 1.82) is 0 Å². The molecule has 5 aromatic heterocycles. The molecule has 0 aliphatic carbocycles. The van der Waals surface area contributed by atoms with Crippen LogP contribution in [0.15, 0.2) is 78.0 Å². The zero-order valence-corrected chi connectivity index (χ0v) is 19.2. The maximum Gasteiger partial charge on any atom is 0.138 e. The summed E-state index contributed by atoms with van der Waals surface area (Å²) in [7, 11) is 0. The van der Waals surface area contributed by atoms with Gasteiger partial charge in [-0.1, -0.05) is 6.07 Å². The lowest BCUT2D eigenvalue weighted by atomic mass is 9.99. The third-order valence-corrected chi connectivity index (χ3v) is 6.17. The normalized spacial score (nSPS) is 12.4. The zero-order valence-electron chi connectivity index (χ0n) is 19.2. The summed E-state index contributed by atoms with van der Waals surface area (Å²) in [6.45, 7) is 2.37. The van der Waals surface area contributed by atoms with Crippen LogP contribution in [0.5, 0.6) is 5.75 Å². The van der Waals surface area contributed by atoms with Gasteiger partial charge in [0, 0.05) is 40.6 Å². The van der Waals surface area contributed by atoms with Crippen molar-refractivity contribution in [3.8, 4) is 28.1 Å². The molecule has 8 nitrogen and oxygen atoms in total. The van der Waals surface area contributed by atoms with Gasteiger partial charge < -0.3 is 19.9 Å². The lowest BCUT2D eigenvalue weighted by Gasteiger charge is -2.15. The van der Waals surface area contributed by atoms with Crippen molar-refractivity contribution in [3.63, 3.8) is 0 Å². The van der Waals surface area contributed by atoms with Gasteiger partial charge in [0.05, 0.1) is 41.0 Å². The van der Waals surface area contributed by atoms with Gasteiger partial charge in [0.15, 0.2) is 0 Å². The minimum Gasteiger partial charge on any atom is -0.490 e. The molecule has 6 aromatic rings. The average Bonchev–Trinajstić information content (AvgIpc) is 3.64. The summed E-state index contributed by atoms with van der Waals surface area (Å²) in [6.07, 6.45) is 9.48. The molecule has 0 aliphatic rings. The van der Waals surface area contributed by atoms with E-state index in [0.717, 1.165) is 55.6 Å². The fourth-order valence-electron chi connectivity index (χ4n) is 4.39. The summed E-state index contributed by atoms with van der Waals surface area (Å²) in [6, 6.07) is 13.8. The molecule has 174 valence electrons. The van der Waals surface area contributed by atoms with E-state index in [4.69, 9.17) is 19.9 Å². The molecule has 4 N–H and O–H groups in total. The standard InChI is InChI=1S/C27H24N6O2/c1-16-22-10-17(4-5-24(22)33-32-16)23-11-21(13-31-26(23)18-6-8-34-14-18)35-15-20(28)9-19-12-30-25-3-2-7-29-27(19)25/h2-8,10-14,20,30H,9,15,28H2,1H3,(H,32,33)/t20-/m0/s1. The first-order valence-electron chi connectivity index (χ1n) is 11.4. The fraction of sp³-hybridized carbons (Fsp3) is 0.148. The van der Waals surface area contributed by atoms with E-state index in [9.17, 15) is 0 Å². The average molecular weight is 465 g/mol. The number of benzene rings is 1. The molecule has 0 fully saturated rings. The number of aryl methyl sites for hydroxylation is 1. The van der Waals surface area contributed by atoms with Crippen LogP contribution in [0.3, 0.4) is 0 Å². The summed E-state index contributed by atoms with van der Waals surface area (Å²) in [5.74, 6) is 0.656. The van der Waals surface area contributed by atoms with Crippen LogP contribution in [-0.4, -0.2) is 37.8 Å². The first-order valence-corrected chi connectivity index (χ1v) is 11.4. The predicted octanol–water partition coefficient (Wildman–Crippen LogP) is 5.02. The topological polar surface area (TPSA) is 119 Å². The van der Waals surface area contributed by atoms with Gasteiger partial charge in [0.25, 0.3) is 0 Å². The van der Waals surface area contributed by atoms with Crippen molar-refractivity contribution in [3.05, 3.63) is 84.8 Å². The minimum atomic E-state index is -0.196. The molecular formula is C27H24N6O2. The van der Waals surface area contributed by atoms with Crippen molar-refractivity contribution in [2.75, 3.05) is 6.61 Å². The number of hydrogen-bond donors (Lipinski definition) is 3. The molecule has 0 saturated heterocycles.